The highest BCUT2D eigenvalue weighted by Crippen LogP contribution is 2.26. The van der Waals surface area contributed by atoms with Crippen molar-refractivity contribution in [3.8, 4) is 5.88 Å². The molecule has 0 aliphatic carbocycles. The lowest BCUT2D eigenvalue weighted by molar-refractivity contribution is -0.126. The predicted octanol–water partition coefficient (Wildman–Crippen LogP) is 2.57. The predicted molar refractivity (Wildman–Crippen MR) is 99.6 cm³/mol. The molecule has 1 unspecified atom stereocenters. The highest BCUT2D eigenvalue weighted by atomic mass is 16.5. The molecule has 0 radical (unpaired) electrons. The molecule has 0 aromatic carbocycles. The summed E-state index contributed by atoms with van der Waals surface area (Å²) in [6, 6.07) is 8.15. The second-order valence-electron chi connectivity index (χ2n) is 6.70. The Kier molecular flexibility index (Phi) is 6.17. The van der Waals surface area contributed by atoms with Gasteiger partial charge in [0.25, 0.3) is 0 Å². The van der Waals surface area contributed by atoms with Crippen LogP contribution in [0.4, 0.5) is 0 Å². The van der Waals surface area contributed by atoms with Gasteiger partial charge < -0.3 is 10.1 Å². The molecule has 2 aromatic rings. The monoisotopic (exact) mass is 354 g/mol. The molecule has 26 heavy (non-hydrogen) atoms. The molecule has 1 N–H and O–H groups in total. The number of pyridine rings is 2. The van der Waals surface area contributed by atoms with Crippen molar-refractivity contribution >= 4 is 5.91 Å². The largest absolute Gasteiger partial charge is 0.481 e. The molecule has 1 fully saturated rings. The van der Waals surface area contributed by atoms with E-state index in [0.29, 0.717) is 18.5 Å². The van der Waals surface area contributed by atoms with Crippen molar-refractivity contribution in [2.75, 3.05) is 20.2 Å². The van der Waals surface area contributed by atoms with Crippen LogP contribution in [-0.2, 0) is 11.3 Å². The second kappa shape index (κ2) is 8.76. The number of ether oxygens (including phenoxy) is 1. The Bertz CT molecular complexity index is 715. The fourth-order valence-electron chi connectivity index (χ4n) is 3.39. The van der Waals surface area contributed by atoms with Crippen LogP contribution in [0.1, 0.15) is 36.9 Å². The standard InChI is InChI=1S/C20H26N4O2/c1-15(18-4-3-8-21-14-18)24-10-6-17(7-11-24)20(25)23-13-16-5-9-22-19(12-16)26-2/h3-5,8-9,12,14-15,17H,6-7,10-11,13H2,1-2H3,(H,23,25). The Hall–Kier alpha value is -2.47. The van der Waals surface area contributed by atoms with E-state index in [9.17, 15) is 4.79 Å². The first-order valence-electron chi connectivity index (χ1n) is 9.08. The summed E-state index contributed by atoms with van der Waals surface area (Å²) in [6.45, 7) is 4.56. The molecule has 0 saturated carbocycles. The summed E-state index contributed by atoms with van der Waals surface area (Å²) in [5.41, 5.74) is 2.22. The lowest BCUT2D eigenvalue weighted by Gasteiger charge is -2.35. The number of carbonyl (C=O) groups excluding carboxylic acids is 1. The van der Waals surface area contributed by atoms with Gasteiger partial charge >= 0.3 is 0 Å². The Morgan fingerprint density at radius 1 is 1.35 bits per heavy atom. The zero-order valence-electron chi connectivity index (χ0n) is 15.4. The zero-order chi connectivity index (χ0) is 18.4. The van der Waals surface area contributed by atoms with Crippen LogP contribution in [0, 0.1) is 5.92 Å². The maximum atomic E-state index is 12.5. The van der Waals surface area contributed by atoms with Crippen LogP contribution in [0.3, 0.4) is 0 Å². The minimum Gasteiger partial charge on any atom is -0.481 e. The number of methoxy groups -OCH3 is 1. The molecule has 1 amide bonds. The molecule has 3 rings (SSSR count). The Morgan fingerprint density at radius 3 is 2.85 bits per heavy atom. The quantitative estimate of drug-likeness (QED) is 0.864. The summed E-state index contributed by atoms with van der Waals surface area (Å²) in [4.78, 5) is 23.2. The summed E-state index contributed by atoms with van der Waals surface area (Å²) < 4.78 is 5.11. The first-order chi connectivity index (χ1) is 12.7. The number of likely N-dealkylation sites (tertiary alicyclic amines) is 1. The van der Waals surface area contributed by atoms with Crippen molar-refractivity contribution in [2.24, 2.45) is 5.92 Å². The second-order valence-corrected chi connectivity index (χ2v) is 6.70. The summed E-state index contributed by atoms with van der Waals surface area (Å²) >= 11 is 0. The molecular weight excluding hydrogens is 328 g/mol. The van der Waals surface area contributed by atoms with Gasteiger partial charge in [-0.2, -0.15) is 0 Å². The summed E-state index contributed by atoms with van der Waals surface area (Å²) in [7, 11) is 1.59. The lowest BCUT2D eigenvalue weighted by atomic mass is 9.94. The number of rotatable bonds is 6. The average molecular weight is 354 g/mol. The van der Waals surface area contributed by atoms with Gasteiger partial charge in [-0.1, -0.05) is 6.07 Å². The maximum absolute atomic E-state index is 12.5. The van der Waals surface area contributed by atoms with Gasteiger partial charge in [0, 0.05) is 43.2 Å². The van der Waals surface area contributed by atoms with Crippen LogP contribution < -0.4 is 10.1 Å². The van der Waals surface area contributed by atoms with Gasteiger partial charge in [-0.05, 0) is 56.1 Å². The van der Waals surface area contributed by atoms with Crippen LogP contribution >= 0.6 is 0 Å². The molecule has 1 saturated heterocycles. The number of hydrogen-bond acceptors (Lipinski definition) is 5. The van der Waals surface area contributed by atoms with E-state index in [4.69, 9.17) is 4.74 Å². The molecule has 6 heteroatoms. The SMILES string of the molecule is COc1cc(CNC(=O)C2CCN(C(C)c3cccnc3)CC2)ccn1. The van der Waals surface area contributed by atoms with E-state index in [1.165, 1.54) is 5.56 Å². The van der Waals surface area contributed by atoms with Gasteiger partial charge in [0.2, 0.25) is 11.8 Å². The van der Waals surface area contributed by atoms with E-state index in [0.717, 1.165) is 31.5 Å². The van der Waals surface area contributed by atoms with Gasteiger partial charge in [0.15, 0.2) is 0 Å². The Balaban J connectivity index is 1.47. The number of aromatic nitrogens is 2. The highest BCUT2D eigenvalue weighted by Gasteiger charge is 2.27. The first-order valence-corrected chi connectivity index (χ1v) is 9.08. The number of nitrogens with one attached hydrogen (secondary N) is 1. The van der Waals surface area contributed by atoms with Crippen molar-refractivity contribution in [3.63, 3.8) is 0 Å². The number of piperidine rings is 1. The Morgan fingerprint density at radius 2 is 2.15 bits per heavy atom. The number of carbonyl (C=O) groups is 1. The van der Waals surface area contributed by atoms with Gasteiger partial charge in [-0.15, -0.1) is 0 Å². The van der Waals surface area contributed by atoms with E-state index >= 15 is 0 Å². The topological polar surface area (TPSA) is 67.3 Å². The molecule has 1 atom stereocenters. The normalized spacial score (nSPS) is 16.8. The molecule has 138 valence electrons. The maximum Gasteiger partial charge on any atom is 0.223 e. The van der Waals surface area contributed by atoms with Crippen LogP contribution in [0.25, 0.3) is 0 Å². The molecule has 3 heterocycles. The van der Waals surface area contributed by atoms with Crippen molar-refractivity contribution in [2.45, 2.75) is 32.4 Å². The van der Waals surface area contributed by atoms with Crippen LogP contribution in [0.5, 0.6) is 5.88 Å². The van der Waals surface area contributed by atoms with Crippen molar-refractivity contribution in [1.82, 2.24) is 20.2 Å². The molecule has 1 aliphatic rings. The molecular formula is C20H26N4O2. The van der Waals surface area contributed by atoms with E-state index < -0.39 is 0 Å². The average Bonchev–Trinajstić information content (AvgIpc) is 2.72. The van der Waals surface area contributed by atoms with Gasteiger partial charge in [-0.25, -0.2) is 4.98 Å². The Labute approximate surface area is 154 Å². The van der Waals surface area contributed by atoms with Crippen molar-refractivity contribution in [3.05, 3.63) is 54.0 Å². The summed E-state index contributed by atoms with van der Waals surface area (Å²) in [5.74, 6) is 0.778. The number of hydrogen-bond donors (Lipinski definition) is 1. The minimum absolute atomic E-state index is 0.0797. The van der Waals surface area contributed by atoms with Crippen molar-refractivity contribution < 1.29 is 9.53 Å². The summed E-state index contributed by atoms with van der Waals surface area (Å²) in [5, 5.41) is 3.04. The minimum atomic E-state index is 0.0797. The molecule has 2 aromatic heterocycles. The van der Waals surface area contributed by atoms with Crippen LogP contribution in [-0.4, -0.2) is 41.0 Å². The van der Waals surface area contributed by atoms with E-state index in [-0.39, 0.29) is 11.8 Å². The lowest BCUT2D eigenvalue weighted by Crippen LogP contribution is -2.41. The summed E-state index contributed by atoms with van der Waals surface area (Å²) in [6.07, 6.45) is 7.18. The third-order valence-electron chi connectivity index (χ3n) is 5.09. The van der Waals surface area contributed by atoms with Gasteiger partial charge in [0.05, 0.1) is 7.11 Å². The van der Waals surface area contributed by atoms with Gasteiger partial charge in [-0.3, -0.25) is 14.7 Å². The molecule has 0 bridgehead atoms. The fraction of sp³-hybridized carbons (Fsp3) is 0.450. The van der Waals surface area contributed by atoms with E-state index in [2.05, 4.69) is 33.2 Å². The van der Waals surface area contributed by atoms with E-state index in [1.807, 2.05) is 24.4 Å². The molecule has 6 nitrogen and oxygen atoms in total. The molecule has 0 spiro atoms. The van der Waals surface area contributed by atoms with E-state index in [1.54, 1.807) is 19.5 Å². The first kappa shape index (κ1) is 18.3. The third-order valence-corrected chi connectivity index (χ3v) is 5.09. The highest BCUT2D eigenvalue weighted by molar-refractivity contribution is 5.78. The smallest absolute Gasteiger partial charge is 0.223 e. The fourth-order valence-corrected chi connectivity index (χ4v) is 3.39. The third kappa shape index (κ3) is 4.58. The number of amides is 1. The van der Waals surface area contributed by atoms with Crippen molar-refractivity contribution in [1.29, 1.82) is 0 Å². The van der Waals surface area contributed by atoms with Gasteiger partial charge in [0.1, 0.15) is 0 Å². The van der Waals surface area contributed by atoms with Crippen LogP contribution in [0.15, 0.2) is 42.9 Å². The number of nitrogens with zero attached hydrogens (tertiary/aromatic N) is 3. The molecule has 1 aliphatic heterocycles. The van der Waals surface area contributed by atoms with Crippen LogP contribution in [0.2, 0.25) is 0 Å². The zero-order valence-corrected chi connectivity index (χ0v) is 15.4.